The first-order valence-corrected chi connectivity index (χ1v) is 7.76. The molecule has 0 radical (unpaired) electrons. The van der Waals surface area contributed by atoms with Crippen LogP contribution in [0.5, 0.6) is 5.75 Å². The minimum atomic E-state index is 0.372. The summed E-state index contributed by atoms with van der Waals surface area (Å²) in [6, 6.07) is 10.1. The number of ether oxygens (including phenoxy) is 1. The molecule has 0 spiro atoms. The lowest BCUT2D eigenvalue weighted by atomic mass is 9.89. The van der Waals surface area contributed by atoms with Gasteiger partial charge in [-0.3, -0.25) is 4.90 Å². The molecule has 2 unspecified atom stereocenters. The van der Waals surface area contributed by atoms with E-state index in [1.807, 2.05) is 0 Å². The summed E-state index contributed by atoms with van der Waals surface area (Å²) in [6.07, 6.45) is 4.08. The highest BCUT2D eigenvalue weighted by molar-refractivity contribution is 5.30. The Morgan fingerprint density at radius 1 is 1.30 bits per heavy atom. The molecule has 1 aromatic rings. The topological polar surface area (TPSA) is 24.5 Å². The van der Waals surface area contributed by atoms with E-state index in [-0.39, 0.29) is 0 Å². The average molecular weight is 276 g/mol. The van der Waals surface area contributed by atoms with E-state index in [0.717, 1.165) is 18.3 Å². The molecule has 3 heteroatoms. The van der Waals surface area contributed by atoms with Gasteiger partial charge in [-0.2, -0.15) is 0 Å². The van der Waals surface area contributed by atoms with Crippen LogP contribution in [0.3, 0.4) is 0 Å². The summed E-state index contributed by atoms with van der Waals surface area (Å²) in [5, 5.41) is 3.64. The van der Waals surface area contributed by atoms with E-state index >= 15 is 0 Å². The fourth-order valence-electron chi connectivity index (χ4n) is 2.96. The van der Waals surface area contributed by atoms with Gasteiger partial charge in [0.05, 0.1) is 7.11 Å². The van der Waals surface area contributed by atoms with E-state index < -0.39 is 0 Å². The molecule has 1 saturated carbocycles. The van der Waals surface area contributed by atoms with Crippen molar-refractivity contribution in [3.05, 3.63) is 29.8 Å². The summed E-state index contributed by atoms with van der Waals surface area (Å²) in [5.41, 5.74) is 1.34. The van der Waals surface area contributed by atoms with E-state index in [1.165, 1.54) is 24.8 Å². The molecule has 112 valence electrons. The molecule has 1 aliphatic carbocycles. The second-order valence-electron chi connectivity index (χ2n) is 5.80. The number of likely N-dealkylation sites (N-methyl/N-ethyl adjacent to an activating group) is 2. The molecule has 1 fully saturated rings. The lowest BCUT2D eigenvalue weighted by Gasteiger charge is -2.42. The molecule has 1 N–H and O–H groups in total. The molecule has 3 nitrogen and oxygen atoms in total. The van der Waals surface area contributed by atoms with Gasteiger partial charge in [-0.1, -0.05) is 25.5 Å². The maximum absolute atomic E-state index is 5.25. The molecule has 2 rings (SSSR count). The van der Waals surface area contributed by atoms with Crippen molar-refractivity contribution in [2.24, 2.45) is 0 Å². The highest BCUT2D eigenvalue weighted by atomic mass is 16.5. The van der Waals surface area contributed by atoms with Gasteiger partial charge in [0.15, 0.2) is 0 Å². The van der Waals surface area contributed by atoms with Crippen molar-refractivity contribution < 1.29 is 4.74 Å². The lowest BCUT2D eigenvalue weighted by molar-refractivity contribution is 0.0963. The average Bonchev–Trinajstić information content (AvgIpc) is 2.42. The van der Waals surface area contributed by atoms with Gasteiger partial charge in [-0.05, 0) is 51.1 Å². The van der Waals surface area contributed by atoms with E-state index in [0.29, 0.717) is 12.1 Å². The summed E-state index contributed by atoms with van der Waals surface area (Å²) in [6.45, 7) is 5.49. The third-order valence-electron chi connectivity index (χ3n) is 4.67. The van der Waals surface area contributed by atoms with Crippen LogP contribution in [0, 0.1) is 0 Å². The first-order valence-electron chi connectivity index (χ1n) is 7.76. The number of hydrogen-bond acceptors (Lipinski definition) is 3. The molecular weight excluding hydrogens is 248 g/mol. The van der Waals surface area contributed by atoms with Crippen molar-refractivity contribution in [2.75, 3.05) is 20.7 Å². The number of methoxy groups -OCH3 is 1. The quantitative estimate of drug-likeness (QED) is 0.827. The first-order chi connectivity index (χ1) is 9.67. The molecule has 0 aromatic heterocycles. The van der Waals surface area contributed by atoms with E-state index in [1.54, 1.807) is 7.11 Å². The smallest absolute Gasteiger partial charge is 0.118 e. The molecule has 20 heavy (non-hydrogen) atoms. The monoisotopic (exact) mass is 276 g/mol. The molecular formula is C17H28N2O. The second-order valence-corrected chi connectivity index (χ2v) is 5.80. The van der Waals surface area contributed by atoms with Crippen LogP contribution in [-0.2, 0) is 0 Å². The van der Waals surface area contributed by atoms with Crippen molar-refractivity contribution >= 4 is 0 Å². The number of hydrogen-bond donors (Lipinski definition) is 1. The zero-order valence-corrected chi connectivity index (χ0v) is 13.2. The number of nitrogens with zero attached hydrogens (tertiary/aromatic N) is 1. The van der Waals surface area contributed by atoms with Crippen LogP contribution in [-0.4, -0.2) is 37.7 Å². The normalized spacial score (nSPS) is 18.6. The molecule has 1 aliphatic rings. The zero-order valence-electron chi connectivity index (χ0n) is 13.2. The predicted molar refractivity (Wildman–Crippen MR) is 84.3 cm³/mol. The van der Waals surface area contributed by atoms with Crippen LogP contribution < -0.4 is 10.1 Å². The molecule has 0 saturated heterocycles. The van der Waals surface area contributed by atoms with E-state index in [2.05, 4.69) is 55.4 Å². The number of nitrogens with one attached hydrogen (secondary N) is 1. The standard InChI is InChI=1S/C17H28N2O/c1-5-18-17(13(2)19(3)15-7-6-8-15)14-9-11-16(20-4)12-10-14/h9-13,15,17-18H,5-8H2,1-4H3. The largest absolute Gasteiger partial charge is 0.497 e. The molecule has 0 heterocycles. The Hall–Kier alpha value is -1.06. The highest BCUT2D eigenvalue weighted by Gasteiger charge is 2.30. The van der Waals surface area contributed by atoms with Gasteiger partial charge in [0.2, 0.25) is 0 Å². The lowest BCUT2D eigenvalue weighted by Crippen LogP contribution is -2.48. The Labute approximate surface area is 123 Å². The van der Waals surface area contributed by atoms with Crippen molar-refractivity contribution in [3.8, 4) is 5.75 Å². The fraction of sp³-hybridized carbons (Fsp3) is 0.647. The van der Waals surface area contributed by atoms with Gasteiger partial charge in [-0.15, -0.1) is 0 Å². The zero-order chi connectivity index (χ0) is 14.5. The van der Waals surface area contributed by atoms with E-state index in [9.17, 15) is 0 Å². The Morgan fingerprint density at radius 2 is 1.95 bits per heavy atom. The SMILES string of the molecule is CCNC(c1ccc(OC)cc1)C(C)N(C)C1CCC1. The summed E-state index contributed by atoms with van der Waals surface area (Å²) in [5.74, 6) is 0.920. The summed E-state index contributed by atoms with van der Waals surface area (Å²) >= 11 is 0. The fourth-order valence-corrected chi connectivity index (χ4v) is 2.96. The summed E-state index contributed by atoms with van der Waals surface area (Å²) in [7, 11) is 3.98. The van der Waals surface area contributed by atoms with Crippen molar-refractivity contribution in [2.45, 2.75) is 51.2 Å². The van der Waals surface area contributed by atoms with Gasteiger partial charge in [0.25, 0.3) is 0 Å². The molecule has 0 amide bonds. The minimum Gasteiger partial charge on any atom is -0.497 e. The Balaban J connectivity index is 2.11. The maximum Gasteiger partial charge on any atom is 0.118 e. The van der Waals surface area contributed by atoms with Crippen LogP contribution >= 0.6 is 0 Å². The third kappa shape index (κ3) is 3.33. The Morgan fingerprint density at radius 3 is 2.40 bits per heavy atom. The van der Waals surface area contributed by atoms with Gasteiger partial charge in [-0.25, -0.2) is 0 Å². The Kier molecular flexibility index (Phi) is 5.44. The summed E-state index contributed by atoms with van der Waals surface area (Å²) in [4.78, 5) is 2.54. The van der Waals surface area contributed by atoms with Gasteiger partial charge < -0.3 is 10.1 Å². The Bertz CT molecular complexity index is 400. The number of benzene rings is 1. The van der Waals surface area contributed by atoms with Crippen LogP contribution in [0.2, 0.25) is 0 Å². The van der Waals surface area contributed by atoms with Crippen molar-refractivity contribution in [3.63, 3.8) is 0 Å². The molecule has 1 aromatic carbocycles. The van der Waals surface area contributed by atoms with Crippen LogP contribution in [0.25, 0.3) is 0 Å². The minimum absolute atomic E-state index is 0.372. The molecule has 2 atom stereocenters. The highest BCUT2D eigenvalue weighted by Crippen LogP contribution is 2.30. The molecule has 0 bridgehead atoms. The van der Waals surface area contributed by atoms with Gasteiger partial charge >= 0.3 is 0 Å². The van der Waals surface area contributed by atoms with Crippen LogP contribution in [0.1, 0.15) is 44.7 Å². The second kappa shape index (κ2) is 7.09. The van der Waals surface area contributed by atoms with Gasteiger partial charge in [0, 0.05) is 18.1 Å². The number of rotatable bonds is 7. The first kappa shape index (κ1) is 15.3. The molecule has 0 aliphatic heterocycles. The third-order valence-corrected chi connectivity index (χ3v) is 4.67. The van der Waals surface area contributed by atoms with Crippen LogP contribution in [0.15, 0.2) is 24.3 Å². The van der Waals surface area contributed by atoms with Crippen molar-refractivity contribution in [1.29, 1.82) is 0 Å². The summed E-state index contributed by atoms with van der Waals surface area (Å²) < 4.78 is 5.25. The van der Waals surface area contributed by atoms with Crippen molar-refractivity contribution in [1.82, 2.24) is 10.2 Å². The van der Waals surface area contributed by atoms with Crippen LogP contribution in [0.4, 0.5) is 0 Å². The maximum atomic E-state index is 5.25. The van der Waals surface area contributed by atoms with Gasteiger partial charge in [0.1, 0.15) is 5.75 Å². The van der Waals surface area contributed by atoms with E-state index in [4.69, 9.17) is 4.74 Å². The predicted octanol–water partition coefficient (Wildman–Crippen LogP) is 3.22.